The Morgan fingerprint density at radius 2 is 1.54 bits per heavy atom. The molecule has 0 saturated heterocycles. The third-order valence-electron chi connectivity index (χ3n) is 4.23. The average molecular weight is 336 g/mol. The van der Waals surface area contributed by atoms with Gasteiger partial charge in [0.15, 0.2) is 0 Å². The molecular weight excluding hydrogens is 324 g/mol. The van der Waals surface area contributed by atoms with Crippen molar-refractivity contribution in [2.45, 2.75) is 0 Å². The molecule has 2 N–H and O–H groups in total. The van der Waals surface area contributed by atoms with Gasteiger partial charge in [0.1, 0.15) is 11.6 Å². The second-order valence-electron chi connectivity index (χ2n) is 5.82. The summed E-state index contributed by atoms with van der Waals surface area (Å²) in [5, 5.41) is 28.7. The average Bonchev–Trinajstić information content (AvgIpc) is 3.11. The molecule has 1 heterocycles. The highest BCUT2D eigenvalue weighted by molar-refractivity contribution is 5.85. The summed E-state index contributed by atoms with van der Waals surface area (Å²) in [5.41, 5.74) is 4.61. The van der Waals surface area contributed by atoms with Crippen molar-refractivity contribution in [1.29, 1.82) is 10.5 Å². The van der Waals surface area contributed by atoms with E-state index in [-0.39, 0.29) is 5.75 Å². The minimum Gasteiger partial charge on any atom is -0.507 e. The maximum absolute atomic E-state index is 10.8. The number of nitrogens with zero attached hydrogens (tertiary/aromatic N) is 3. The second kappa shape index (κ2) is 6.08. The molecule has 0 fully saturated rings. The smallest absolute Gasteiger partial charge is 0.142 e. The van der Waals surface area contributed by atoms with Crippen LogP contribution in [0, 0.1) is 22.7 Å². The van der Waals surface area contributed by atoms with Gasteiger partial charge in [-0.15, -0.1) is 0 Å². The van der Waals surface area contributed by atoms with Crippen LogP contribution in [0.1, 0.15) is 11.1 Å². The highest BCUT2D eigenvalue weighted by Gasteiger charge is 2.14. The van der Waals surface area contributed by atoms with Gasteiger partial charge in [-0.2, -0.15) is 10.5 Å². The van der Waals surface area contributed by atoms with Gasteiger partial charge in [0.25, 0.3) is 0 Å². The van der Waals surface area contributed by atoms with Crippen LogP contribution in [0.15, 0.2) is 60.7 Å². The molecule has 0 spiro atoms. The van der Waals surface area contributed by atoms with E-state index in [0.29, 0.717) is 28.1 Å². The summed E-state index contributed by atoms with van der Waals surface area (Å²) in [6.07, 6.45) is 0. The van der Waals surface area contributed by atoms with Crippen LogP contribution in [0.5, 0.6) is 5.75 Å². The molecular formula is C21H12N4O. The zero-order valence-electron chi connectivity index (χ0n) is 13.6. The predicted molar refractivity (Wildman–Crippen MR) is 98.1 cm³/mol. The first kappa shape index (κ1) is 15.4. The van der Waals surface area contributed by atoms with Crippen molar-refractivity contribution in [2.75, 3.05) is 0 Å². The van der Waals surface area contributed by atoms with Crippen molar-refractivity contribution in [1.82, 2.24) is 9.97 Å². The molecule has 0 aliphatic carbocycles. The fourth-order valence-electron chi connectivity index (χ4n) is 2.90. The number of aromatic nitrogens is 2. The molecule has 0 amide bonds. The highest BCUT2D eigenvalue weighted by Crippen LogP contribution is 2.37. The molecule has 26 heavy (non-hydrogen) atoms. The number of imidazole rings is 1. The van der Waals surface area contributed by atoms with Crippen LogP contribution < -0.4 is 0 Å². The third-order valence-corrected chi connectivity index (χ3v) is 4.23. The van der Waals surface area contributed by atoms with Gasteiger partial charge in [-0.1, -0.05) is 24.3 Å². The first-order valence-corrected chi connectivity index (χ1v) is 7.92. The number of aromatic amines is 1. The van der Waals surface area contributed by atoms with Gasteiger partial charge < -0.3 is 10.1 Å². The fourth-order valence-corrected chi connectivity index (χ4v) is 2.90. The number of phenolic OH excluding ortho intramolecular Hbond substituents is 1. The van der Waals surface area contributed by atoms with E-state index in [9.17, 15) is 5.11 Å². The van der Waals surface area contributed by atoms with Crippen molar-refractivity contribution in [3.05, 3.63) is 71.8 Å². The van der Waals surface area contributed by atoms with Crippen LogP contribution in [-0.2, 0) is 0 Å². The van der Waals surface area contributed by atoms with E-state index in [1.807, 2.05) is 12.1 Å². The molecule has 0 atom stereocenters. The van der Waals surface area contributed by atoms with Gasteiger partial charge >= 0.3 is 0 Å². The van der Waals surface area contributed by atoms with Crippen LogP contribution in [0.4, 0.5) is 0 Å². The number of aromatic hydroxyl groups is 1. The Balaban J connectivity index is 1.83. The van der Waals surface area contributed by atoms with E-state index < -0.39 is 0 Å². The number of rotatable bonds is 2. The molecule has 5 nitrogen and oxygen atoms in total. The predicted octanol–water partition coefficient (Wildman–Crippen LogP) is 4.35. The van der Waals surface area contributed by atoms with Crippen LogP contribution in [0.25, 0.3) is 33.5 Å². The van der Waals surface area contributed by atoms with Crippen molar-refractivity contribution < 1.29 is 5.11 Å². The number of H-pyrrole nitrogens is 1. The Hall–Kier alpha value is -4.09. The quantitative estimate of drug-likeness (QED) is 0.569. The summed E-state index contributed by atoms with van der Waals surface area (Å²) >= 11 is 0. The lowest BCUT2D eigenvalue weighted by Crippen LogP contribution is -1.86. The molecule has 5 heteroatoms. The number of para-hydroxylation sites is 1. The Morgan fingerprint density at radius 1 is 0.846 bits per heavy atom. The van der Waals surface area contributed by atoms with Crippen LogP contribution in [0.3, 0.4) is 0 Å². The number of fused-ring (bicyclic) bond motifs is 1. The van der Waals surface area contributed by atoms with Crippen molar-refractivity contribution in [3.63, 3.8) is 0 Å². The molecule has 0 bridgehead atoms. The van der Waals surface area contributed by atoms with Crippen molar-refractivity contribution in [3.8, 4) is 40.4 Å². The molecule has 4 aromatic rings. The van der Waals surface area contributed by atoms with Crippen LogP contribution in [-0.4, -0.2) is 15.1 Å². The number of hydrogen-bond acceptors (Lipinski definition) is 4. The monoisotopic (exact) mass is 336 g/mol. The normalized spacial score (nSPS) is 10.4. The lowest BCUT2D eigenvalue weighted by Gasteiger charge is -2.08. The summed E-state index contributed by atoms with van der Waals surface area (Å²) in [6, 6.07) is 21.9. The Bertz CT molecular complexity index is 1210. The van der Waals surface area contributed by atoms with E-state index in [0.717, 1.165) is 16.6 Å². The number of hydrogen-bond donors (Lipinski definition) is 2. The molecule has 0 aliphatic heterocycles. The molecule has 0 radical (unpaired) electrons. The van der Waals surface area contributed by atoms with Crippen LogP contribution in [0.2, 0.25) is 0 Å². The van der Waals surface area contributed by atoms with Crippen molar-refractivity contribution >= 4 is 11.0 Å². The zero-order valence-corrected chi connectivity index (χ0v) is 13.6. The largest absolute Gasteiger partial charge is 0.507 e. The topological polar surface area (TPSA) is 96.5 Å². The molecule has 0 saturated carbocycles. The molecule has 0 aliphatic rings. The van der Waals surface area contributed by atoms with Gasteiger partial charge in [0, 0.05) is 5.56 Å². The van der Waals surface area contributed by atoms with Gasteiger partial charge in [0.05, 0.1) is 39.9 Å². The van der Waals surface area contributed by atoms with Gasteiger partial charge in [-0.25, -0.2) is 4.98 Å². The maximum atomic E-state index is 10.8. The van der Waals surface area contributed by atoms with Crippen LogP contribution >= 0.6 is 0 Å². The van der Waals surface area contributed by atoms with E-state index in [1.54, 1.807) is 48.5 Å². The summed E-state index contributed by atoms with van der Waals surface area (Å²) in [4.78, 5) is 7.67. The van der Waals surface area contributed by atoms with Gasteiger partial charge in [-0.05, 0) is 42.0 Å². The molecule has 4 rings (SSSR count). The lowest BCUT2D eigenvalue weighted by atomic mass is 10.00. The highest BCUT2D eigenvalue weighted by atomic mass is 16.3. The fraction of sp³-hybridized carbons (Fsp3) is 0. The molecule has 0 unspecified atom stereocenters. The lowest BCUT2D eigenvalue weighted by molar-refractivity contribution is 0.479. The van der Waals surface area contributed by atoms with Gasteiger partial charge in [-0.3, -0.25) is 0 Å². The number of nitrogens with one attached hydrogen (secondary N) is 1. The first-order chi connectivity index (χ1) is 12.7. The first-order valence-electron chi connectivity index (χ1n) is 7.92. The van der Waals surface area contributed by atoms with E-state index in [4.69, 9.17) is 10.5 Å². The molecule has 1 aromatic heterocycles. The molecule has 3 aromatic carbocycles. The minimum atomic E-state index is 0.108. The third kappa shape index (κ3) is 2.54. The van der Waals surface area contributed by atoms with Crippen molar-refractivity contribution in [2.24, 2.45) is 0 Å². The van der Waals surface area contributed by atoms with E-state index in [2.05, 4.69) is 22.1 Å². The van der Waals surface area contributed by atoms with E-state index >= 15 is 0 Å². The summed E-state index contributed by atoms with van der Waals surface area (Å²) in [7, 11) is 0. The Labute approximate surface area is 149 Å². The summed E-state index contributed by atoms with van der Waals surface area (Å²) in [6.45, 7) is 0. The Kier molecular flexibility index (Phi) is 3.61. The number of phenols is 1. The summed E-state index contributed by atoms with van der Waals surface area (Å²) < 4.78 is 0. The zero-order chi connectivity index (χ0) is 18.1. The number of benzene rings is 3. The van der Waals surface area contributed by atoms with Gasteiger partial charge in [0.2, 0.25) is 0 Å². The molecule has 122 valence electrons. The minimum absolute atomic E-state index is 0.108. The second-order valence-corrected chi connectivity index (χ2v) is 5.82. The SMILES string of the molecule is N#Cc1ccc(-c2cccc(-c3nc4ccc(C#N)cc4[nH]3)c2O)cc1. The summed E-state index contributed by atoms with van der Waals surface area (Å²) in [5.74, 6) is 0.639. The maximum Gasteiger partial charge on any atom is 0.142 e. The standard InChI is InChI=1S/C21H12N4O/c22-11-13-4-7-15(8-5-13)16-2-1-3-17(20(16)26)21-24-18-9-6-14(12-23)10-19(18)25-21/h1-10,26H,(H,24,25). The van der Waals surface area contributed by atoms with E-state index in [1.165, 1.54) is 0 Å². The Morgan fingerprint density at radius 3 is 2.27 bits per heavy atom. The number of nitriles is 2.